The van der Waals surface area contributed by atoms with Crippen molar-refractivity contribution in [3.63, 3.8) is 0 Å². The van der Waals surface area contributed by atoms with Crippen molar-refractivity contribution in [3.05, 3.63) is 23.8 Å². The number of fused-ring (bicyclic) bond motifs is 1. The largest absolute Gasteiger partial charge is 0.454 e. The molecule has 110 valence electrons. The molecule has 1 amide bonds. The van der Waals surface area contributed by atoms with Gasteiger partial charge in [0.25, 0.3) is 0 Å². The highest BCUT2D eigenvalue weighted by molar-refractivity contribution is 5.73. The van der Waals surface area contributed by atoms with Gasteiger partial charge in [-0.15, -0.1) is 0 Å². The van der Waals surface area contributed by atoms with Gasteiger partial charge in [-0.05, 0) is 45.0 Å². The summed E-state index contributed by atoms with van der Waals surface area (Å²) in [6, 6.07) is 6.33. The van der Waals surface area contributed by atoms with Crippen molar-refractivity contribution in [1.29, 1.82) is 0 Å². The fraction of sp³-hybridized carbons (Fsp3) is 0.533. The van der Waals surface area contributed by atoms with Crippen LogP contribution < -0.4 is 14.8 Å². The number of amides is 1. The van der Waals surface area contributed by atoms with Crippen LogP contribution in [0.4, 0.5) is 0 Å². The average Bonchev–Trinajstić information content (AvgIpc) is 2.84. The van der Waals surface area contributed by atoms with Gasteiger partial charge in [0.2, 0.25) is 12.7 Å². The second-order valence-corrected chi connectivity index (χ2v) is 5.28. The molecular formula is C15H22N2O3. The summed E-state index contributed by atoms with van der Waals surface area (Å²) in [6.45, 7) is 5.96. The first-order chi connectivity index (χ1) is 9.47. The maximum absolute atomic E-state index is 11.1. The van der Waals surface area contributed by atoms with Gasteiger partial charge in [0.15, 0.2) is 11.5 Å². The zero-order chi connectivity index (χ0) is 14.7. The molecule has 1 aromatic carbocycles. The van der Waals surface area contributed by atoms with Crippen molar-refractivity contribution in [3.8, 4) is 11.5 Å². The first-order valence-corrected chi connectivity index (χ1v) is 6.85. The number of nitrogens with zero attached hydrogens (tertiary/aromatic N) is 1. The lowest BCUT2D eigenvalue weighted by Crippen LogP contribution is -2.47. The van der Waals surface area contributed by atoms with Crippen molar-refractivity contribution in [2.75, 3.05) is 13.8 Å². The molecule has 5 nitrogen and oxygen atoms in total. The van der Waals surface area contributed by atoms with Crippen LogP contribution in [0.2, 0.25) is 0 Å². The molecular weight excluding hydrogens is 256 g/mol. The van der Waals surface area contributed by atoms with Crippen LogP contribution in [0.15, 0.2) is 18.2 Å². The number of carbonyl (C=O) groups excluding carboxylic acids is 1. The SMILES string of the molecule is CC(=O)NC(C)N(C)C(C)Cc1ccc2c(c1)OCO2. The number of ether oxygens (including phenoxy) is 2. The molecule has 0 saturated heterocycles. The molecule has 0 spiro atoms. The van der Waals surface area contributed by atoms with Crippen LogP contribution in [0, 0.1) is 0 Å². The Morgan fingerprint density at radius 1 is 1.35 bits per heavy atom. The van der Waals surface area contributed by atoms with Crippen molar-refractivity contribution >= 4 is 5.91 Å². The van der Waals surface area contributed by atoms with E-state index in [2.05, 4.69) is 23.2 Å². The molecule has 1 N–H and O–H groups in total. The highest BCUT2D eigenvalue weighted by Gasteiger charge is 2.18. The van der Waals surface area contributed by atoms with Crippen LogP contribution in [-0.4, -0.2) is 36.9 Å². The van der Waals surface area contributed by atoms with Crippen molar-refractivity contribution < 1.29 is 14.3 Å². The van der Waals surface area contributed by atoms with E-state index in [1.165, 1.54) is 12.5 Å². The molecule has 5 heteroatoms. The van der Waals surface area contributed by atoms with Gasteiger partial charge in [0.05, 0.1) is 6.17 Å². The summed E-state index contributed by atoms with van der Waals surface area (Å²) in [5.41, 5.74) is 1.20. The number of benzene rings is 1. The van der Waals surface area contributed by atoms with Gasteiger partial charge in [0, 0.05) is 13.0 Å². The van der Waals surface area contributed by atoms with Gasteiger partial charge >= 0.3 is 0 Å². The third-order valence-electron chi connectivity index (χ3n) is 3.69. The van der Waals surface area contributed by atoms with E-state index < -0.39 is 0 Å². The molecule has 2 atom stereocenters. The number of hydrogen-bond acceptors (Lipinski definition) is 4. The predicted molar refractivity (Wildman–Crippen MR) is 76.8 cm³/mol. The Bertz CT molecular complexity index is 490. The first-order valence-electron chi connectivity index (χ1n) is 6.85. The standard InChI is InChI=1S/C15H22N2O3/c1-10(17(4)11(2)16-12(3)18)7-13-5-6-14-15(8-13)20-9-19-14/h5-6,8,10-11H,7,9H2,1-4H3,(H,16,18). The Hall–Kier alpha value is -1.75. The smallest absolute Gasteiger partial charge is 0.231 e. The average molecular weight is 278 g/mol. The van der Waals surface area contributed by atoms with E-state index in [0.717, 1.165) is 17.9 Å². The molecule has 0 fully saturated rings. The summed E-state index contributed by atoms with van der Waals surface area (Å²) < 4.78 is 10.7. The molecule has 0 bridgehead atoms. The fourth-order valence-corrected chi connectivity index (χ4v) is 2.33. The molecule has 0 radical (unpaired) electrons. The Morgan fingerprint density at radius 2 is 2.05 bits per heavy atom. The highest BCUT2D eigenvalue weighted by atomic mass is 16.7. The summed E-state index contributed by atoms with van der Waals surface area (Å²) in [5, 5.41) is 2.89. The van der Waals surface area contributed by atoms with E-state index in [9.17, 15) is 4.79 Å². The maximum Gasteiger partial charge on any atom is 0.231 e. The zero-order valence-electron chi connectivity index (χ0n) is 12.5. The molecule has 0 aliphatic carbocycles. The van der Waals surface area contributed by atoms with Crippen LogP contribution >= 0.6 is 0 Å². The second-order valence-electron chi connectivity index (χ2n) is 5.28. The number of carbonyl (C=O) groups is 1. The highest BCUT2D eigenvalue weighted by Crippen LogP contribution is 2.32. The van der Waals surface area contributed by atoms with Gasteiger partial charge in [0.1, 0.15) is 0 Å². The first kappa shape index (κ1) is 14.7. The second kappa shape index (κ2) is 6.13. The molecule has 1 aliphatic heterocycles. The Balaban J connectivity index is 1.96. The van der Waals surface area contributed by atoms with Crippen molar-refractivity contribution in [1.82, 2.24) is 10.2 Å². The monoisotopic (exact) mass is 278 g/mol. The molecule has 0 saturated carbocycles. The van der Waals surface area contributed by atoms with Crippen LogP contribution in [-0.2, 0) is 11.2 Å². The predicted octanol–water partition coefficient (Wildman–Crippen LogP) is 1.76. The quantitative estimate of drug-likeness (QED) is 0.834. The van der Waals surface area contributed by atoms with E-state index in [4.69, 9.17) is 9.47 Å². The van der Waals surface area contributed by atoms with Gasteiger partial charge in [-0.1, -0.05) is 6.07 Å². The number of nitrogens with one attached hydrogen (secondary N) is 1. The molecule has 2 rings (SSSR count). The summed E-state index contributed by atoms with van der Waals surface area (Å²) in [7, 11) is 2.01. The Kier molecular flexibility index (Phi) is 4.49. The van der Waals surface area contributed by atoms with E-state index >= 15 is 0 Å². The summed E-state index contributed by atoms with van der Waals surface area (Å²) in [5.74, 6) is 1.60. The molecule has 1 aromatic rings. The lowest BCUT2D eigenvalue weighted by atomic mass is 10.1. The zero-order valence-corrected chi connectivity index (χ0v) is 12.5. The van der Waals surface area contributed by atoms with Gasteiger partial charge in [-0.2, -0.15) is 0 Å². The normalized spacial score (nSPS) is 16.1. The summed E-state index contributed by atoms with van der Waals surface area (Å²) in [4.78, 5) is 13.2. The van der Waals surface area contributed by atoms with E-state index in [1.807, 2.05) is 26.1 Å². The molecule has 0 aromatic heterocycles. The van der Waals surface area contributed by atoms with E-state index in [1.54, 1.807) is 0 Å². The number of hydrogen-bond donors (Lipinski definition) is 1. The molecule has 1 heterocycles. The van der Waals surface area contributed by atoms with Crippen LogP contribution in [0.5, 0.6) is 11.5 Å². The van der Waals surface area contributed by atoms with Crippen LogP contribution in [0.3, 0.4) is 0 Å². The topological polar surface area (TPSA) is 50.8 Å². The van der Waals surface area contributed by atoms with Gasteiger partial charge in [-0.25, -0.2) is 0 Å². The molecule has 1 aliphatic rings. The summed E-state index contributed by atoms with van der Waals surface area (Å²) >= 11 is 0. The van der Waals surface area contributed by atoms with Crippen molar-refractivity contribution in [2.45, 2.75) is 39.4 Å². The third kappa shape index (κ3) is 3.42. The fourth-order valence-electron chi connectivity index (χ4n) is 2.33. The number of likely N-dealkylation sites (N-methyl/N-ethyl adjacent to an activating group) is 1. The van der Waals surface area contributed by atoms with Gasteiger partial charge in [-0.3, -0.25) is 9.69 Å². The minimum Gasteiger partial charge on any atom is -0.454 e. The van der Waals surface area contributed by atoms with Gasteiger partial charge < -0.3 is 14.8 Å². The lowest BCUT2D eigenvalue weighted by molar-refractivity contribution is -0.120. The van der Waals surface area contributed by atoms with Crippen LogP contribution in [0.25, 0.3) is 0 Å². The minimum atomic E-state index is -0.0142. The number of rotatable bonds is 5. The Labute approximate surface area is 119 Å². The van der Waals surface area contributed by atoms with E-state index in [0.29, 0.717) is 12.8 Å². The molecule has 20 heavy (non-hydrogen) atoms. The summed E-state index contributed by atoms with van der Waals surface area (Å²) in [6.07, 6.45) is 0.897. The molecule has 2 unspecified atom stereocenters. The maximum atomic E-state index is 11.1. The third-order valence-corrected chi connectivity index (χ3v) is 3.69. The van der Waals surface area contributed by atoms with E-state index in [-0.39, 0.29) is 12.1 Å². The van der Waals surface area contributed by atoms with Crippen molar-refractivity contribution in [2.24, 2.45) is 0 Å². The van der Waals surface area contributed by atoms with Crippen LogP contribution in [0.1, 0.15) is 26.3 Å². The minimum absolute atomic E-state index is 0.0107. The Morgan fingerprint density at radius 3 is 2.75 bits per heavy atom. The lowest BCUT2D eigenvalue weighted by Gasteiger charge is -2.31.